The van der Waals surface area contributed by atoms with Gasteiger partial charge in [-0.1, -0.05) is 244 Å². The van der Waals surface area contributed by atoms with Crippen LogP contribution in [0.3, 0.4) is 0 Å². The molecule has 0 aromatic heterocycles. The Balaban J connectivity index is 3.50. The SMILES string of the molecule is CCCCCCCCC/C=C\CCCCCCCCCC(=O)OCCCC/C=C\CCCCCCCC(=O)NC(CO)C(O)CCCCCCCCCCCCCCCCCCCC. The van der Waals surface area contributed by atoms with Crippen LogP contribution in [0.15, 0.2) is 24.3 Å². The summed E-state index contributed by atoms with van der Waals surface area (Å²) in [7, 11) is 0. The number of hydrogen-bond acceptors (Lipinski definition) is 5. The van der Waals surface area contributed by atoms with Crippen LogP contribution in [-0.2, 0) is 14.3 Å². The van der Waals surface area contributed by atoms with Crippen molar-refractivity contribution in [3.8, 4) is 0 Å². The summed E-state index contributed by atoms with van der Waals surface area (Å²) in [6.07, 6.45) is 64.5. The number of hydrogen-bond donors (Lipinski definition) is 3. The number of unbranched alkanes of at least 4 members (excludes halogenated alkanes) is 38. The molecule has 0 aromatic rings. The summed E-state index contributed by atoms with van der Waals surface area (Å²) in [6.45, 7) is 4.89. The zero-order valence-corrected chi connectivity index (χ0v) is 43.0. The predicted molar refractivity (Wildman–Crippen MR) is 278 cm³/mol. The number of aliphatic hydroxyl groups is 2. The quantitative estimate of drug-likeness (QED) is 0.0321. The normalized spacial score (nSPS) is 12.8. The first-order chi connectivity index (χ1) is 31.5. The van der Waals surface area contributed by atoms with E-state index in [-0.39, 0.29) is 18.5 Å². The molecule has 0 aromatic carbocycles. The van der Waals surface area contributed by atoms with Crippen molar-refractivity contribution in [2.24, 2.45) is 0 Å². The fraction of sp³-hybridized carbons (Fsp3) is 0.897. The lowest BCUT2D eigenvalue weighted by molar-refractivity contribution is -0.143. The maximum atomic E-state index is 12.5. The van der Waals surface area contributed by atoms with Gasteiger partial charge in [-0.15, -0.1) is 0 Å². The maximum Gasteiger partial charge on any atom is 0.305 e. The van der Waals surface area contributed by atoms with Crippen molar-refractivity contribution in [1.29, 1.82) is 0 Å². The number of allylic oxidation sites excluding steroid dienone is 4. The second-order valence-corrected chi connectivity index (χ2v) is 19.6. The van der Waals surface area contributed by atoms with Gasteiger partial charge >= 0.3 is 5.97 Å². The molecule has 0 rings (SSSR count). The third-order valence-electron chi connectivity index (χ3n) is 13.2. The molecule has 0 saturated carbocycles. The van der Waals surface area contributed by atoms with E-state index in [9.17, 15) is 19.8 Å². The van der Waals surface area contributed by atoms with Gasteiger partial charge in [-0.3, -0.25) is 9.59 Å². The monoisotopic (exact) mass is 902 g/mol. The van der Waals surface area contributed by atoms with Crippen LogP contribution in [0.2, 0.25) is 0 Å². The number of esters is 1. The Morgan fingerprint density at radius 2 is 0.734 bits per heavy atom. The molecular formula is C58H111NO5. The third kappa shape index (κ3) is 49.8. The second kappa shape index (κ2) is 54.0. The number of ether oxygens (including phenoxy) is 1. The molecule has 0 saturated heterocycles. The fourth-order valence-corrected chi connectivity index (χ4v) is 8.81. The minimum atomic E-state index is -0.683. The lowest BCUT2D eigenvalue weighted by Gasteiger charge is -2.22. The van der Waals surface area contributed by atoms with Crippen LogP contribution in [0.1, 0.15) is 309 Å². The standard InChI is InChI=1S/C58H111NO5/c1-3-5-7-9-11-13-15-17-19-21-23-25-27-30-34-38-42-46-50-56(61)55(54-60)59-57(62)51-47-43-39-35-31-29-33-37-41-45-49-53-64-58(63)52-48-44-40-36-32-28-26-24-22-20-18-16-14-12-10-8-6-4-2/h20,22,33,37,55-56,60-61H,3-19,21,23-32,34-36,38-54H2,1-2H3,(H,59,62)/b22-20-,37-33-. The highest BCUT2D eigenvalue weighted by molar-refractivity contribution is 5.76. The molecule has 0 heterocycles. The van der Waals surface area contributed by atoms with Gasteiger partial charge in [0, 0.05) is 12.8 Å². The molecule has 0 aliphatic rings. The lowest BCUT2D eigenvalue weighted by Crippen LogP contribution is -2.45. The van der Waals surface area contributed by atoms with Crippen molar-refractivity contribution in [1.82, 2.24) is 5.32 Å². The summed E-state index contributed by atoms with van der Waals surface area (Å²) in [5.74, 6) is -0.0958. The Hall–Kier alpha value is -1.66. The molecule has 6 heteroatoms. The van der Waals surface area contributed by atoms with E-state index in [0.29, 0.717) is 25.9 Å². The highest BCUT2D eigenvalue weighted by atomic mass is 16.5. The molecule has 0 fully saturated rings. The molecule has 0 spiro atoms. The summed E-state index contributed by atoms with van der Waals surface area (Å²) >= 11 is 0. The van der Waals surface area contributed by atoms with Gasteiger partial charge in [-0.05, 0) is 77.0 Å². The van der Waals surface area contributed by atoms with E-state index in [1.165, 1.54) is 193 Å². The van der Waals surface area contributed by atoms with Gasteiger partial charge in [-0.2, -0.15) is 0 Å². The van der Waals surface area contributed by atoms with E-state index in [1.54, 1.807) is 0 Å². The van der Waals surface area contributed by atoms with E-state index in [1.807, 2.05) is 0 Å². The molecule has 64 heavy (non-hydrogen) atoms. The van der Waals surface area contributed by atoms with Gasteiger partial charge in [0.2, 0.25) is 5.91 Å². The molecular weight excluding hydrogens is 791 g/mol. The number of carbonyl (C=O) groups excluding carboxylic acids is 2. The first-order valence-corrected chi connectivity index (χ1v) is 28.6. The first kappa shape index (κ1) is 62.3. The van der Waals surface area contributed by atoms with Crippen LogP contribution in [0.25, 0.3) is 0 Å². The zero-order chi connectivity index (χ0) is 46.5. The Kier molecular flexibility index (Phi) is 52.6. The predicted octanol–water partition coefficient (Wildman–Crippen LogP) is 17.5. The molecule has 0 aliphatic heterocycles. The number of carbonyl (C=O) groups is 2. The largest absolute Gasteiger partial charge is 0.466 e. The summed E-state index contributed by atoms with van der Waals surface area (Å²) in [5.41, 5.74) is 0. The minimum Gasteiger partial charge on any atom is -0.466 e. The molecule has 378 valence electrons. The number of nitrogens with one attached hydrogen (secondary N) is 1. The van der Waals surface area contributed by atoms with Crippen LogP contribution in [0, 0.1) is 0 Å². The van der Waals surface area contributed by atoms with Crippen LogP contribution >= 0.6 is 0 Å². The number of aliphatic hydroxyl groups excluding tert-OH is 2. The van der Waals surface area contributed by atoms with Crippen molar-refractivity contribution in [2.45, 2.75) is 321 Å². The Morgan fingerprint density at radius 3 is 1.11 bits per heavy atom. The first-order valence-electron chi connectivity index (χ1n) is 28.6. The molecule has 2 atom stereocenters. The van der Waals surface area contributed by atoms with Crippen LogP contribution in [0.4, 0.5) is 0 Å². The highest BCUT2D eigenvalue weighted by Gasteiger charge is 2.20. The van der Waals surface area contributed by atoms with Crippen LogP contribution in [0.5, 0.6) is 0 Å². The summed E-state index contributed by atoms with van der Waals surface area (Å²) in [5, 5.41) is 23.3. The van der Waals surface area contributed by atoms with E-state index < -0.39 is 12.1 Å². The lowest BCUT2D eigenvalue weighted by atomic mass is 10.0. The van der Waals surface area contributed by atoms with E-state index in [4.69, 9.17) is 4.74 Å². The van der Waals surface area contributed by atoms with Crippen molar-refractivity contribution < 1.29 is 24.5 Å². The van der Waals surface area contributed by atoms with Crippen LogP contribution in [-0.4, -0.2) is 47.4 Å². The molecule has 0 aliphatic carbocycles. The zero-order valence-electron chi connectivity index (χ0n) is 43.0. The van der Waals surface area contributed by atoms with Crippen LogP contribution < -0.4 is 5.32 Å². The van der Waals surface area contributed by atoms with Crippen molar-refractivity contribution in [2.75, 3.05) is 13.2 Å². The second-order valence-electron chi connectivity index (χ2n) is 19.6. The van der Waals surface area contributed by atoms with Gasteiger partial charge in [0.25, 0.3) is 0 Å². The Labute approximate surface area is 399 Å². The van der Waals surface area contributed by atoms with Crippen molar-refractivity contribution in [3.05, 3.63) is 24.3 Å². The maximum absolute atomic E-state index is 12.5. The number of rotatable bonds is 53. The third-order valence-corrected chi connectivity index (χ3v) is 13.2. The summed E-state index contributed by atoms with van der Waals surface area (Å²) in [4.78, 5) is 24.5. The molecule has 0 bridgehead atoms. The van der Waals surface area contributed by atoms with Gasteiger partial charge < -0.3 is 20.3 Å². The molecule has 3 N–H and O–H groups in total. The molecule has 6 nitrogen and oxygen atoms in total. The Morgan fingerprint density at radius 1 is 0.422 bits per heavy atom. The van der Waals surface area contributed by atoms with Gasteiger partial charge in [0.1, 0.15) is 0 Å². The topological polar surface area (TPSA) is 95.9 Å². The molecule has 2 unspecified atom stereocenters. The minimum absolute atomic E-state index is 0.0335. The van der Waals surface area contributed by atoms with E-state index >= 15 is 0 Å². The van der Waals surface area contributed by atoms with E-state index in [0.717, 1.165) is 83.5 Å². The average Bonchev–Trinajstić information content (AvgIpc) is 3.29. The van der Waals surface area contributed by atoms with E-state index in [2.05, 4.69) is 43.5 Å². The van der Waals surface area contributed by atoms with Crippen molar-refractivity contribution in [3.63, 3.8) is 0 Å². The van der Waals surface area contributed by atoms with Crippen molar-refractivity contribution >= 4 is 11.9 Å². The summed E-state index contributed by atoms with van der Waals surface area (Å²) < 4.78 is 5.45. The van der Waals surface area contributed by atoms with Gasteiger partial charge in [-0.25, -0.2) is 0 Å². The molecule has 0 radical (unpaired) electrons. The van der Waals surface area contributed by atoms with Gasteiger partial charge in [0.05, 0.1) is 25.4 Å². The number of amides is 1. The fourth-order valence-electron chi connectivity index (χ4n) is 8.81. The Bertz CT molecular complexity index is 997. The smallest absolute Gasteiger partial charge is 0.305 e. The average molecular weight is 903 g/mol. The highest BCUT2D eigenvalue weighted by Crippen LogP contribution is 2.17. The summed E-state index contributed by atoms with van der Waals surface area (Å²) in [6, 6.07) is -0.563. The van der Waals surface area contributed by atoms with Gasteiger partial charge in [0.15, 0.2) is 0 Å². The molecule has 1 amide bonds.